The molecule has 0 unspecified atom stereocenters. The lowest BCUT2D eigenvalue weighted by atomic mass is 10.2. The third kappa shape index (κ3) is 6.48. The standard InChI is InChI=1S/C25H30O3Si/c1-20(2)27-23-13-15-25(16-14-23)29(3,4)19-26-18-21-9-8-12-24(17-21)28-22-10-6-5-7-11-22/h5-17,20H,18-19H2,1-4H3. The van der Waals surface area contributed by atoms with Crippen LogP contribution in [0.3, 0.4) is 0 Å². The minimum Gasteiger partial charge on any atom is -0.491 e. The van der Waals surface area contributed by atoms with Crippen LogP contribution in [0.15, 0.2) is 78.9 Å². The van der Waals surface area contributed by atoms with Gasteiger partial charge in [0.25, 0.3) is 0 Å². The van der Waals surface area contributed by atoms with E-state index in [9.17, 15) is 0 Å². The van der Waals surface area contributed by atoms with Crippen molar-refractivity contribution in [2.45, 2.75) is 39.7 Å². The van der Waals surface area contributed by atoms with E-state index in [1.165, 1.54) is 5.19 Å². The fourth-order valence-electron chi connectivity index (χ4n) is 3.09. The first-order valence-corrected chi connectivity index (χ1v) is 13.3. The van der Waals surface area contributed by atoms with Crippen LogP contribution in [0.2, 0.25) is 13.1 Å². The molecule has 0 aliphatic heterocycles. The summed E-state index contributed by atoms with van der Waals surface area (Å²) >= 11 is 0. The maximum atomic E-state index is 6.11. The zero-order chi connectivity index (χ0) is 20.7. The van der Waals surface area contributed by atoms with Crippen molar-refractivity contribution < 1.29 is 14.2 Å². The summed E-state index contributed by atoms with van der Waals surface area (Å²) in [4.78, 5) is 0. The maximum Gasteiger partial charge on any atom is 0.127 e. The average molecular weight is 407 g/mol. The lowest BCUT2D eigenvalue weighted by molar-refractivity contribution is 0.160. The molecule has 29 heavy (non-hydrogen) atoms. The molecule has 152 valence electrons. The van der Waals surface area contributed by atoms with Gasteiger partial charge in [-0.1, -0.05) is 60.7 Å². The molecule has 0 radical (unpaired) electrons. The Kier molecular flexibility index (Phi) is 7.12. The Labute approximate surface area is 175 Å². The second-order valence-corrected chi connectivity index (χ2v) is 12.8. The molecule has 3 aromatic rings. The largest absolute Gasteiger partial charge is 0.491 e. The summed E-state index contributed by atoms with van der Waals surface area (Å²) in [6.45, 7) is 9.33. The Balaban J connectivity index is 1.55. The summed E-state index contributed by atoms with van der Waals surface area (Å²) in [5, 5.41) is 1.37. The highest BCUT2D eigenvalue weighted by Gasteiger charge is 2.24. The summed E-state index contributed by atoms with van der Waals surface area (Å²) in [5.41, 5.74) is 1.11. The number of rotatable bonds is 9. The van der Waals surface area contributed by atoms with E-state index in [-0.39, 0.29) is 6.10 Å². The summed E-state index contributed by atoms with van der Waals surface area (Å²) in [6.07, 6.45) is 0.956. The molecule has 0 atom stereocenters. The van der Waals surface area contributed by atoms with Gasteiger partial charge in [-0.3, -0.25) is 0 Å². The normalized spacial score (nSPS) is 11.5. The van der Waals surface area contributed by atoms with Gasteiger partial charge in [-0.05, 0) is 55.8 Å². The number of para-hydroxylation sites is 1. The Hall–Kier alpha value is -2.56. The second-order valence-electron chi connectivity index (χ2n) is 8.13. The quantitative estimate of drug-likeness (QED) is 0.412. The summed E-state index contributed by atoms with van der Waals surface area (Å²) in [6, 6.07) is 26.4. The molecule has 4 heteroatoms. The summed E-state index contributed by atoms with van der Waals surface area (Å²) in [7, 11) is -1.68. The van der Waals surface area contributed by atoms with Crippen molar-refractivity contribution in [1.29, 1.82) is 0 Å². The lowest BCUT2D eigenvalue weighted by Gasteiger charge is -2.23. The molecular weight excluding hydrogens is 376 g/mol. The van der Waals surface area contributed by atoms with Gasteiger partial charge in [-0.15, -0.1) is 0 Å². The molecule has 0 N–H and O–H groups in total. The Bertz CT molecular complexity index is 889. The molecule has 0 aliphatic rings. The molecule has 0 aliphatic carbocycles. The third-order valence-electron chi connectivity index (χ3n) is 4.62. The van der Waals surface area contributed by atoms with Crippen LogP contribution in [0, 0.1) is 0 Å². The molecule has 0 heterocycles. The number of ether oxygens (including phenoxy) is 3. The predicted molar refractivity (Wildman–Crippen MR) is 122 cm³/mol. The number of hydrogen-bond acceptors (Lipinski definition) is 3. The van der Waals surface area contributed by atoms with Crippen LogP contribution in [0.25, 0.3) is 0 Å². The monoisotopic (exact) mass is 406 g/mol. The van der Waals surface area contributed by atoms with Crippen molar-refractivity contribution in [3.8, 4) is 17.2 Å². The minimum atomic E-state index is -1.68. The van der Waals surface area contributed by atoms with Crippen LogP contribution < -0.4 is 14.7 Å². The number of benzene rings is 3. The lowest BCUT2D eigenvalue weighted by Crippen LogP contribution is -2.46. The molecule has 0 saturated heterocycles. The van der Waals surface area contributed by atoms with Crippen molar-refractivity contribution in [3.63, 3.8) is 0 Å². The average Bonchev–Trinajstić information content (AvgIpc) is 2.69. The molecule has 3 rings (SSSR count). The molecule has 3 nitrogen and oxygen atoms in total. The van der Waals surface area contributed by atoms with E-state index in [1.807, 2.05) is 62.4 Å². The third-order valence-corrected chi connectivity index (χ3v) is 7.44. The van der Waals surface area contributed by atoms with Gasteiger partial charge in [0, 0.05) is 6.23 Å². The Morgan fingerprint density at radius 3 is 2.14 bits per heavy atom. The van der Waals surface area contributed by atoms with E-state index in [0.29, 0.717) is 6.61 Å². The van der Waals surface area contributed by atoms with Gasteiger partial charge in [-0.25, -0.2) is 0 Å². The molecule has 0 spiro atoms. The van der Waals surface area contributed by atoms with Gasteiger partial charge < -0.3 is 14.2 Å². The number of hydrogen-bond donors (Lipinski definition) is 0. The Morgan fingerprint density at radius 2 is 1.45 bits per heavy atom. The van der Waals surface area contributed by atoms with E-state index >= 15 is 0 Å². The second kappa shape index (κ2) is 9.77. The van der Waals surface area contributed by atoms with Gasteiger partial charge in [0.1, 0.15) is 25.3 Å². The van der Waals surface area contributed by atoms with E-state index in [1.54, 1.807) is 0 Å². The van der Waals surface area contributed by atoms with E-state index in [0.717, 1.165) is 29.0 Å². The van der Waals surface area contributed by atoms with Crippen LogP contribution in [0.1, 0.15) is 19.4 Å². The van der Waals surface area contributed by atoms with Crippen molar-refractivity contribution in [3.05, 3.63) is 84.4 Å². The van der Waals surface area contributed by atoms with Crippen LogP contribution >= 0.6 is 0 Å². The van der Waals surface area contributed by atoms with Crippen molar-refractivity contribution in [1.82, 2.24) is 0 Å². The van der Waals surface area contributed by atoms with Gasteiger partial charge >= 0.3 is 0 Å². The van der Waals surface area contributed by atoms with Crippen LogP contribution in [-0.4, -0.2) is 20.4 Å². The van der Waals surface area contributed by atoms with Crippen molar-refractivity contribution in [2.75, 3.05) is 6.23 Å². The van der Waals surface area contributed by atoms with Gasteiger partial charge in [0.15, 0.2) is 0 Å². The first-order valence-electron chi connectivity index (χ1n) is 10.1. The summed E-state index contributed by atoms with van der Waals surface area (Å²) in [5.74, 6) is 2.59. The molecule has 0 amide bonds. The maximum absolute atomic E-state index is 6.11. The SMILES string of the molecule is CC(C)Oc1ccc([Si](C)(C)COCc2cccc(Oc3ccccc3)c2)cc1. The van der Waals surface area contributed by atoms with Crippen molar-refractivity contribution in [2.24, 2.45) is 0 Å². The van der Waals surface area contributed by atoms with E-state index in [2.05, 4.69) is 43.4 Å². The topological polar surface area (TPSA) is 27.7 Å². The van der Waals surface area contributed by atoms with Gasteiger partial charge in [0.2, 0.25) is 0 Å². The molecule has 0 aromatic heterocycles. The zero-order valence-electron chi connectivity index (χ0n) is 17.7. The minimum absolute atomic E-state index is 0.191. The van der Waals surface area contributed by atoms with E-state index < -0.39 is 8.07 Å². The van der Waals surface area contributed by atoms with Crippen molar-refractivity contribution >= 4 is 13.3 Å². The highest BCUT2D eigenvalue weighted by atomic mass is 28.3. The molecule has 0 bridgehead atoms. The highest BCUT2D eigenvalue weighted by molar-refractivity contribution is 6.89. The Morgan fingerprint density at radius 1 is 0.759 bits per heavy atom. The summed E-state index contributed by atoms with van der Waals surface area (Å²) < 4.78 is 17.8. The molecule has 0 fully saturated rings. The zero-order valence-corrected chi connectivity index (χ0v) is 18.7. The predicted octanol–water partition coefficient (Wildman–Crippen LogP) is 5.94. The molecule has 0 saturated carbocycles. The van der Waals surface area contributed by atoms with Gasteiger partial charge in [-0.2, -0.15) is 0 Å². The van der Waals surface area contributed by atoms with Crippen LogP contribution in [-0.2, 0) is 11.3 Å². The first kappa shape index (κ1) is 21.2. The van der Waals surface area contributed by atoms with Crippen LogP contribution in [0.5, 0.6) is 17.2 Å². The first-order chi connectivity index (χ1) is 13.9. The van der Waals surface area contributed by atoms with Gasteiger partial charge in [0.05, 0.1) is 12.7 Å². The van der Waals surface area contributed by atoms with E-state index in [4.69, 9.17) is 14.2 Å². The molecule has 3 aromatic carbocycles. The smallest absolute Gasteiger partial charge is 0.127 e. The fourth-order valence-corrected chi connectivity index (χ4v) is 4.94. The van der Waals surface area contributed by atoms with Crippen LogP contribution in [0.4, 0.5) is 0 Å². The molecular formula is C25H30O3Si. The fraction of sp³-hybridized carbons (Fsp3) is 0.280. The highest BCUT2D eigenvalue weighted by Crippen LogP contribution is 2.22.